The van der Waals surface area contributed by atoms with Crippen LogP contribution in [0, 0.1) is 6.92 Å². The highest BCUT2D eigenvalue weighted by atomic mass is 28.4. The summed E-state index contributed by atoms with van der Waals surface area (Å²) in [5.41, 5.74) is 3.44. The summed E-state index contributed by atoms with van der Waals surface area (Å²) in [7, 11) is -3.39. The molecule has 1 fully saturated rings. The van der Waals surface area contributed by atoms with Crippen molar-refractivity contribution in [3.63, 3.8) is 0 Å². The Hall–Kier alpha value is -0.626. The van der Waals surface area contributed by atoms with Crippen LogP contribution in [0.5, 0.6) is 0 Å². The van der Waals surface area contributed by atoms with Crippen molar-refractivity contribution in [1.29, 1.82) is 0 Å². The first kappa shape index (κ1) is 17.2. The first-order chi connectivity index (χ1) is 10.5. The van der Waals surface area contributed by atoms with Crippen LogP contribution in [0.3, 0.4) is 0 Å². The largest absolute Gasteiger partial charge is 0.407 e. The van der Waals surface area contributed by atoms with Crippen LogP contribution in [-0.2, 0) is 14.5 Å². The summed E-state index contributed by atoms with van der Waals surface area (Å²) < 4.78 is 13.7. The van der Waals surface area contributed by atoms with E-state index in [1.807, 2.05) is 0 Å². The number of hydrogen-bond acceptors (Lipinski definition) is 3. The lowest BCUT2D eigenvalue weighted by molar-refractivity contribution is -0.202. The molecule has 3 rings (SSSR count). The van der Waals surface area contributed by atoms with E-state index in [9.17, 15) is 0 Å². The van der Waals surface area contributed by atoms with Gasteiger partial charge in [-0.15, -0.1) is 0 Å². The molecule has 23 heavy (non-hydrogen) atoms. The molecule has 0 bridgehead atoms. The van der Waals surface area contributed by atoms with Crippen molar-refractivity contribution >= 4 is 22.3 Å². The average Bonchev–Trinajstić information content (AvgIpc) is 2.36. The maximum Gasteiger partial charge on any atom is 0.185 e. The second kappa shape index (κ2) is 5.18. The lowest BCUT2D eigenvalue weighted by Crippen LogP contribution is -2.72. The molecule has 1 aliphatic heterocycles. The van der Waals surface area contributed by atoms with E-state index in [1.165, 1.54) is 16.8 Å². The predicted molar refractivity (Wildman–Crippen MR) is 102 cm³/mol. The molecule has 0 saturated heterocycles. The molecule has 128 valence electrons. The topological polar surface area (TPSA) is 30.5 Å². The molecule has 2 aliphatic rings. The maximum atomic E-state index is 6.92. The van der Waals surface area contributed by atoms with Gasteiger partial charge in [-0.2, -0.15) is 0 Å². The Bertz CT molecular complexity index is 620. The van der Waals surface area contributed by atoms with E-state index >= 15 is 0 Å². The van der Waals surface area contributed by atoms with E-state index in [1.54, 1.807) is 0 Å². The Balaban J connectivity index is 2.15. The highest BCUT2D eigenvalue weighted by Crippen LogP contribution is 2.61. The zero-order valence-corrected chi connectivity index (χ0v) is 17.7. The molecular formula is C18H31NO2Si2. The molecule has 2 atom stereocenters. The van der Waals surface area contributed by atoms with Gasteiger partial charge in [0.2, 0.25) is 0 Å². The molecule has 1 saturated carbocycles. The number of anilines is 1. The summed E-state index contributed by atoms with van der Waals surface area (Å²) in [5.74, 6) is 0. The van der Waals surface area contributed by atoms with Crippen LogP contribution in [0.4, 0.5) is 5.69 Å². The van der Waals surface area contributed by atoms with Crippen LogP contribution in [-0.4, -0.2) is 28.8 Å². The molecular weight excluding hydrogens is 318 g/mol. The van der Waals surface area contributed by atoms with E-state index in [0.29, 0.717) is 0 Å². The second-order valence-electron chi connectivity index (χ2n) is 9.10. The van der Waals surface area contributed by atoms with Crippen LogP contribution >= 0.6 is 0 Å². The highest BCUT2D eigenvalue weighted by molar-refractivity contribution is 6.70. The van der Waals surface area contributed by atoms with Gasteiger partial charge in [0, 0.05) is 17.8 Å². The van der Waals surface area contributed by atoms with E-state index in [4.69, 9.17) is 8.85 Å². The number of hydrogen-bond donors (Lipinski definition) is 1. The van der Waals surface area contributed by atoms with Crippen molar-refractivity contribution in [2.45, 2.75) is 70.2 Å². The van der Waals surface area contributed by atoms with Crippen LogP contribution in [0.1, 0.15) is 24.0 Å². The summed E-state index contributed by atoms with van der Waals surface area (Å²) in [6.45, 7) is 16.8. The number of nitrogens with one attached hydrogen (secondary N) is 1. The molecule has 5 heteroatoms. The lowest BCUT2D eigenvalue weighted by atomic mass is 9.59. The number of benzene rings is 1. The van der Waals surface area contributed by atoms with Crippen LogP contribution in [0.2, 0.25) is 39.3 Å². The molecule has 0 spiro atoms. The van der Waals surface area contributed by atoms with Gasteiger partial charge in [-0.1, -0.05) is 12.1 Å². The Morgan fingerprint density at radius 2 is 1.61 bits per heavy atom. The monoisotopic (exact) mass is 349 g/mol. The Labute approximate surface area is 143 Å². The minimum absolute atomic E-state index is 0.198. The molecule has 0 radical (unpaired) electrons. The first-order valence-corrected chi connectivity index (χ1v) is 15.5. The summed E-state index contributed by atoms with van der Waals surface area (Å²) in [6.07, 6.45) is 2.16. The third kappa shape index (κ3) is 2.82. The molecule has 1 heterocycles. The predicted octanol–water partition coefficient (Wildman–Crippen LogP) is 4.85. The number of fused-ring (bicyclic) bond motifs is 3. The van der Waals surface area contributed by atoms with Crippen molar-refractivity contribution in [2.24, 2.45) is 0 Å². The second-order valence-corrected chi connectivity index (χ2v) is 18.0. The summed E-state index contributed by atoms with van der Waals surface area (Å²) in [5, 5.41) is 3.64. The van der Waals surface area contributed by atoms with Crippen molar-refractivity contribution in [2.75, 3.05) is 11.9 Å². The third-order valence-electron chi connectivity index (χ3n) is 4.84. The Kier molecular flexibility index (Phi) is 3.88. The zero-order chi connectivity index (χ0) is 17.1. The van der Waals surface area contributed by atoms with Crippen molar-refractivity contribution in [3.8, 4) is 0 Å². The molecule has 0 aromatic heterocycles. The minimum atomic E-state index is -1.71. The fraction of sp³-hybridized carbons (Fsp3) is 0.667. The number of rotatable bonds is 4. The minimum Gasteiger partial charge on any atom is -0.407 e. The van der Waals surface area contributed by atoms with E-state index in [0.717, 1.165) is 19.4 Å². The quantitative estimate of drug-likeness (QED) is 0.788. The molecule has 1 aromatic rings. The highest BCUT2D eigenvalue weighted by Gasteiger charge is 2.66. The molecule has 3 nitrogen and oxygen atoms in total. The van der Waals surface area contributed by atoms with Gasteiger partial charge < -0.3 is 14.2 Å². The van der Waals surface area contributed by atoms with Crippen molar-refractivity contribution in [3.05, 3.63) is 29.3 Å². The zero-order valence-electron chi connectivity index (χ0n) is 15.7. The van der Waals surface area contributed by atoms with Crippen LogP contribution in [0.15, 0.2) is 18.2 Å². The van der Waals surface area contributed by atoms with Crippen LogP contribution in [0.25, 0.3) is 0 Å². The first-order valence-electron chi connectivity index (χ1n) is 8.72. The fourth-order valence-electron chi connectivity index (χ4n) is 4.28. The van der Waals surface area contributed by atoms with Gasteiger partial charge in [0.1, 0.15) is 11.2 Å². The van der Waals surface area contributed by atoms with Gasteiger partial charge in [-0.3, -0.25) is 0 Å². The summed E-state index contributed by atoms with van der Waals surface area (Å²) in [6, 6.07) is 6.53. The molecule has 1 aliphatic carbocycles. The van der Waals surface area contributed by atoms with Gasteiger partial charge in [-0.05, 0) is 70.7 Å². The van der Waals surface area contributed by atoms with Gasteiger partial charge >= 0.3 is 0 Å². The molecule has 1 aromatic carbocycles. The van der Waals surface area contributed by atoms with Gasteiger partial charge in [0.15, 0.2) is 16.6 Å². The van der Waals surface area contributed by atoms with Crippen LogP contribution < -0.4 is 5.32 Å². The van der Waals surface area contributed by atoms with Crippen molar-refractivity contribution in [1.82, 2.24) is 0 Å². The Morgan fingerprint density at radius 1 is 0.957 bits per heavy atom. The summed E-state index contributed by atoms with van der Waals surface area (Å²) >= 11 is 0. The molecule has 0 unspecified atom stereocenters. The molecule has 0 amide bonds. The standard InChI is InChI=1S/C18H31NO2Si2/c1-14-9-8-10-15-16(14)18(21-23(5,6)7)12-11-17(18,13-19-15)20-22(2,3)4/h8-10,19H,11-13H2,1-7H3/t17-,18+/m1/s1. The lowest BCUT2D eigenvalue weighted by Gasteiger charge is -2.65. The Morgan fingerprint density at radius 3 is 2.13 bits per heavy atom. The number of aryl methyl sites for hydroxylation is 1. The van der Waals surface area contributed by atoms with E-state index < -0.39 is 16.6 Å². The summed E-state index contributed by atoms with van der Waals surface area (Å²) in [4.78, 5) is 0. The fourth-order valence-corrected chi connectivity index (χ4v) is 7.22. The van der Waals surface area contributed by atoms with Gasteiger partial charge in [0.05, 0.1) is 0 Å². The normalized spacial score (nSPS) is 30.0. The maximum absolute atomic E-state index is 6.92. The van der Waals surface area contributed by atoms with E-state index in [-0.39, 0.29) is 11.2 Å². The smallest absolute Gasteiger partial charge is 0.185 e. The molecule has 1 N–H and O–H groups in total. The van der Waals surface area contributed by atoms with Crippen molar-refractivity contribution < 1.29 is 8.85 Å². The van der Waals surface area contributed by atoms with Gasteiger partial charge in [-0.25, -0.2) is 0 Å². The van der Waals surface area contributed by atoms with E-state index in [2.05, 4.69) is 69.7 Å². The average molecular weight is 350 g/mol. The SMILES string of the molecule is Cc1cccc2c1[C@@]1(O[Si](C)(C)C)CC[C@@]1(O[Si](C)(C)C)CN2. The van der Waals surface area contributed by atoms with Gasteiger partial charge in [0.25, 0.3) is 0 Å². The third-order valence-corrected chi connectivity index (χ3v) is 6.80.